The molecule has 0 saturated carbocycles. The Labute approximate surface area is 188 Å². The number of imidazole rings is 1. The summed E-state index contributed by atoms with van der Waals surface area (Å²) in [5.74, 6) is 0.286. The van der Waals surface area contributed by atoms with Crippen LogP contribution in [0.2, 0.25) is 0 Å². The Balaban J connectivity index is 1.27. The molecule has 0 radical (unpaired) electrons. The molecule has 1 fully saturated rings. The Bertz CT molecular complexity index is 995. The number of aromatic amines is 1. The first-order valence-electron chi connectivity index (χ1n) is 10.6. The first-order chi connectivity index (χ1) is 15.1. The van der Waals surface area contributed by atoms with Crippen molar-refractivity contribution in [3.8, 4) is 0 Å². The van der Waals surface area contributed by atoms with E-state index in [2.05, 4.69) is 56.4 Å². The summed E-state index contributed by atoms with van der Waals surface area (Å²) in [5.41, 5.74) is 5.33. The minimum atomic E-state index is -0.0315. The summed E-state index contributed by atoms with van der Waals surface area (Å²) in [6, 6.07) is 18.4. The number of nitrogens with zero attached hydrogens (tertiary/aromatic N) is 3. The zero-order chi connectivity index (χ0) is 21.6. The predicted molar refractivity (Wildman–Crippen MR) is 128 cm³/mol. The third-order valence-corrected chi connectivity index (χ3v) is 6.41. The quantitative estimate of drug-likeness (QED) is 0.553. The van der Waals surface area contributed by atoms with Crippen molar-refractivity contribution in [2.45, 2.75) is 18.5 Å². The molecule has 2 N–H and O–H groups in total. The lowest BCUT2D eigenvalue weighted by atomic mass is 10.1. The number of carbonyl (C=O) groups excluding carboxylic acids is 1. The van der Waals surface area contributed by atoms with Crippen molar-refractivity contribution < 1.29 is 4.79 Å². The van der Waals surface area contributed by atoms with E-state index in [-0.39, 0.29) is 5.91 Å². The van der Waals surface area contributed by atoms with E-state index >= 15 is 0 Å². The Morgan fingerprint density at radius 1 is 1.06 bits per heavy atom. The third kappa shape index (κ3) is 5.89. The van der Waals surface area contributed by atoms with Crippen LogP contribution in [-0.4, -0.2) is 59.8 Å². The molecule has 1 amide bonds. The highest BCUT2D eigenvalue weighted by Crippen LogP contribution is 2.21. The van der Waals surface area contributed by atoms with Crippen LogP contribution >= 0.6 is 11.8 Å². The number of thioether (sulfide) groups is 1. The molecule has 1 saturated heterocycles. The number of piperazine rings is 1. The van der Waals surface area contributed by atoms with Gasteiger partial charge in [-0.25, -0.2) is 4.98 Å². The summed E-state index contributed by atoms with van der Waals surface area (Å²) in [5, 5.41) is 3.76. The first-order valence-corrected chi connectivity index (χ1v) is 11.6. The van der Waals surface area contributed by atoms with Crippen LogP contribution in [0.5, 0.6) is 0 Å². The highest BCUT2D eigenvalue weighted by atomic mass is 32.2. The van der Waals surface area contributed by atoms with E-state index in [9.17, 15) is 4.79 Å². The summed E-state index contributed by atoms with van der Waals surface area (Å²) in [4.78, 5) is 25.1. The lowest BCUT2D eigenvalue weighted by Crippen LogP contribution is -2.44. The average Bonchev–Trinajstić information content (AvgIpc) is 3.13. The lowest BCUT2D eigenvalue weighted by Gasteiger charge is -2.34. The number of nitrogens with one attached hydrogen (secondary N) is 2. The highest BCUT2D eigenvalue weighted by molar-refractivity contribution is 7.99. The second kappa shape index (κ2) is 10.0. The molecule has 0 atom stereocenters. The van der Waals surface area contributed by atoms with Gasteiger partial charge < -0.3 is 20.1 Å². The second-order valence-corrected chi connectivity index (χ2v) is 8.91. The molecule has 0 bridgehead atoms. The number of aryl methyl sites for hydroxylation is 1. The molecular weight excluding hydrogens is 406 g/mol. The van der Waals surface area contributed by atoms with Crippen LogP contribution < -0.4 is 10.2 Å². The SMILES string of the molecule is Cc1[nH]c(SCC(=O)Nc2ccc(N3CCN(C)CC3)cc2)nc1Cc1ccccc1. The van der Waals surface area contributed by atoms with Crippen LogP contribution in [0.25, 0.3) is 0 Å². The maximum atomic E-state index is 12.4. The molecule has 4 rings (SSSR count). The Morgan fingerprint density at radius 2 is 1.77 bits per heavy atom. The molecule has 6 nitrogen and oxygen atoms in total. The van der Waals surface area contributed by atoms with E-state index in [4.69, 9.17) is 0 Å². The lowest BCUT2D eigenvalue weighted by molar-refractivity contribution is -0.113. The minimum Gasteiger partial charge on any atom is -0.369 e. The summed E-state index contributed by atoms with van der Waals surface area (Å²) in [6.45, 7) is 6.25. The number of hydrogen-bond donors (Lipinski definition) is 2. The smallest absolute Gasteiger partial charge is 0.234 e. The first kappa shape index (κ1) is 21.5. The molecule has 2 heterocycles. The van der Waals surface area contributed by atoms with Crippen LogP contribution in [0.15, 0.2) is 59.8 Å². The van der Waals surface area contributed by atoms with Gasteiger partial charge in [0.05, 0.1) is 11.4 Å². The molecule has 1 aliphatic rings. The van der Waals surface area contributed by atoms with Gasteiger partial charge in [0.1, 0.15) is 0 Å². The predicted octanol–water partition coefficient (Wildman–Crippen LogP) is 3.79. The second-order valence-electron chi connectivity index (χ2n) is 7.95. The van der Waals surface area contributed by atoms with Crippen LogP contribution in [0, 0.1) is 6.92 Å². The van der Waals surface area contributed by atoms with Crippen molar-refractivity contribution in [2.75, 3.05) is 49.2 Å². The van der Waals surface area contributed by atoms with Gasteiger partial charge in [-0.1, -0.05) is 42.1 Å². The number of hydrogen-bond acceptors (Lipinski definition) is 5. The molecule has 2 aromatic carbocycles. The summed E-state index contributed by atoms with van der Waals surface area (Å²) in [6.07, 6.45) is 0.787. The topological polar surface area (TPSA) is 64.3 Å². The fourth-order valence-corrected chi connectivity index (χ4v) is 4.39. The molecule has 31 heavy (non-hydrogen) atoms. The standard InChI is InChI=1S/C24H29N5OS/c1-18-22(16-19-6-4-3-5-7-19)27-24(25-18)31-17-23(30)26-20-8-10-21(11-9-20)29-14-12-28(2)13-15-29/h3-11H,12-17H2,1-2H3,(H,25,27)(H,26,30). The van der Waals surface area contributed by atoms with Gasteiger partial charge in [0, 0.05) is 49.7 Å². The van der Waals surface area contributed by atoms with Gasteiger partial charge in [0.2, 0.25) is 5.91 Å². The number of H-pyrrole nitrogens is 1. The zero-order valence-corrected chi connectivity index (χ0v) is 18.9. The van der Waals surface area contributed by atoms with Crippen LogP contribution in [-0.2, 0) is 11.2 Å². The Hall–Kier alpha value is -2.77. The van der Waals surface area contributed by atoms with E-state index in [1.807, 2.05) is 37.3 Å². The van der Waals surface area contributed by atoms with Crippen molar-refractivity contribution in [3.05, 3.63) is 71.5 Å². The molecule has 3 aromatic rings. The monoisotopic (exact) mass is 435 g/mol. The van der Waals surface area contributed by atoms with E-state index in [0.29, 0.717) is 5.75 Å². The van der Waals surface area contributed by atoms with E-state index < -0.39 is 0 Å². The van der Waals surface area contributed by atoms with Gasteiger partial charge in [0.25, 0.3) is 0 Å². The summed E-state index contributed by atoms with van der Waals surface area (Å²) >= 11 is 1.43. The maximum absolute atomic E-state index is 12.4. The van der Waals surface area contributed by atoms with Crippen LogP contribution in [0.3, 0.4) is 0 Å². The largest absolute Gasteiger partial charge is 0.369 e. The van der Waals surface area contributed by atoms with Crippen molar-refractivity contribution in [1.82, 2.24) is 14.9 Å². The number of amides is 1. The van der Waals surface area contributed by atoms with Gasteiger partial charge in [-0.15, -0.1) is 0 Å². The molecule has 1 aromatic heterocycles. The average molecular weight is 436 g/mol. The number of anilines is 2. The Morgan fingerprint density at radius 3 is 2.48 bits per heavy atom. The molecule has 0 unspecified atom stereocenters. The summed E-state index contributed by atoms with van der Waals surface area (Å²) in [7, 11) is 2.15. The summed E-state index contributed by atoms with van der Waals surface area (Å²) < 4.78 is 0. The molecule has 0 spiro atoms. The maximum Gasteiger partial charge on any atom is 0.234 e. The normalized spacial score (nSPS) is 14.6. The highest BCUT2D eigenvalue weighted by Gasteiger charge is 2.14. The molecule has 7 heteroatoms. The fraction of sp³-hybridized carbons (Fsp3) is 0.333. The van der Waals surface area contributed by atoms with Crippen molar-refractivity contribution in [1.29, 1.82) is 0 Å². The minimum absolute atomic E-state index is 0.0315. The third-order valence-electron chi connectivity index (χ3n) is 5.54. The fourth-order valence-electron chi connectivity index (χ4n) is 3.65. The Kier molecular flexibility index (Phi) is 6.94. The molecular formula is C24H29N5OS. The number of rotatable bonds is 7. The van der Waals surface area contributed by atoms with E-state index in [1.165, 1.54) is 23.0 Å². The van der Waals surface area contributed by atoms with Gasteiger partial charge in [-0.05, 0) is 43.8 Å². The van der Waals surface area contributed by atoms with Gasteiger partial charge >= 0.3 is 0 Å². The van der Waals surface area contributed by atoms with Gasteiger partial charge in [-0.3, -0.25) is 4.79 Å². The molecule has 0 aliphatic carbocycles. The van der Waals surface area contributed by atoms with Crippen LogP contribution in [0.1, 0.15) is 17.0 Å². The van der Waals surface area contributed by atoms with Crippen molar-refractivity contribution in [3.63, 3.8) is 0 Å². The van der Waals surface area contributed by atoms with E-state index in [0.717, 1.165) is 54.8 Å². The molecule has 1 aliphatic heterocycles. The number of benzene rings is 2. The van der Waals surface area contributed by atoms with Gasteiger partial charge in [-0.2, -0.15) is 0 Å². The van der Waals surface area contributed by atoms with Crippen molar-refractivity contribution in [2.24, 2.45) is 0 Å². The van der Waals surface area contributed by atoms with E-state index in [1.54, 1.807) is 0 Å². The number of aromatic nitrogens is 2. The van der Waals surface area contributed by atoms with Crippen LogP contribution in [0.4, 0.5) is 11.4 Å². The molecule has 162 valence electrons. The van der Waals surface area contributed by atoms with Gasteiger partial charge in [0.15, 0.2) is 5.16 Å². The number of likely N-dealkylation sites (N-methyl/N-ethyl adjacent to an activating group) is 1. The van der Waals surface area contributed by atoms with Crippen molar-refractivity contribution >= 4 is 29.0 Å². The number of carbonyl (C=O) groups is 1. The zero-order valence-electron chi connectivity index (χ0n) is 18.1.